The first-order chi connectivity index (χ1) is 7.52. The minimum absolute atomic E-state index is 0.378. The van der Waals surface area contributed by atoms with Gasteiger partial charge in [0.25, 0.3) is 0 Å². The average molecular weight is 238 g/mol. The molecule has 0 aliphatic heterocycles. The number of hydrogen-bond acceptors (Lipinski definition) is 3. The summed E-state index contributed by atoms with van der Waals surface area (Å²) in [5.74, 6) is 0.803. The van der Waals surface area contributed by atoms with Crippen LogP contribution in [0.5, 0.6) is 5.75 Å². The fourth-order valence-electron chi connectivity index (χ4n) is 1.37. The van der Waals surface area contributed by atoms with Crippen LogP contribution in [-0.4, -0.2) is 37.1 Å². The Bertz CT molecular complexity index is 377. The van der Waals surface area contributed by atoms with Gasteiger partial charge in [0.2, 0.25) is 0 Å². The minimum atomic E-state index is 0.378. The maximum atomic E-state index is 5.73. The van der Waals surface area contributed by atoms with Gasteiger partial charge in [0.15, 0.2) is 0 Å². The second-order valence-electron chi connectivity index (χ2n) is 3.97. The maximum absolute atomic E-state index is 5.73. The molecule has 0 saturated heterocycles. The third-order valence-corrected chi connectivity index (χ3v) is 2.48. The predicted octanol–water partition coefficient (Wildman–Crippen LogP) is 1.57. The molecule has 0 aliphatic carbocycles. The Labute approximate surface area is 102 Å². The summed E-state index contributed by atoms with van der Waals surface area (Å²) in [7, 11) is 4.02. The number of nitrogens with two attached hydrogens (primary N) is 1. The molecule has 0 amide bonds. The molecule has 0 unspecified atom stereocenters. The van der Waals surface area contributed by atoms with E-state index in [-0.39, 0.29) is 0 Å². The van der Waals surface area contributed by atoms with Crippen molar-refractivity contribution >= 4 is 17.2 Å². The molecule has 3 nitrogen and oxygen atoms in total. The largest absolute Gasteiger partial charge is 0.491 e. The summed E-state index contributed by atoms with van der Waals surface area (Å²) < 4.78 is 5.73. The summed E-state index contributed by atoms with van der Waals surface area (Å²) in [6.07, 6.45) is 0. The van der Waals surface area contributed by atoms with Gasteiger partial charge in [-0.05, 0) is 32.6 Å². The first-order valence-electron chi connectivity index (χ1n) is 5.19. The summed E-state index contributed by atoms with van der Waals surface area (Å²) >= 11 is 5.00. The van der Waals surface area contributed by atoms with Crippen LogP contribution in [0.2, 0.25) is 0 Å². The van der Waals surface area contributed by atoms with Gasteiger partial charge in [0.05, 0.1) is 5.56 Å². The van der Waals surface area contributed by atoms with E-state index in [4.69, 9.17) is 22.7 Å². The average Bonchev–Trinajstić information content (AvgIpc) is 2.19. The van der Waals surface area contributed by atoms with E-state index in [9.17, 15) is 0 Å². The van der Waals surface area contributed by atoms with Crippen molar-refractivity contribution in [1.29, 1.82) is 0 Å². The molecule has 1 aromatic rings. The predicted molar refractivity (Wildman–Crippen MR) is 71.1 cm³/mol. The van der Waals surface area contributed by atoms with Gasteiger partial charge in [-0.3, -0.25) is 0 Å². The topological polar surface area (TPSA) is 38.5 Å². The van der Waals surface area contributed by atoms with Crippen LogP contribution in [0.15, 0.2) is 18.2 Å². The van der Waals surface area contributed by atoms with E-state index in [1.165, 1.54) is 0 Å². The van der Waals surface area contributed by atoms with E-state index in [1.807, 2.05) is 39.2 Å². The number of aryl methyl sites for hydroxylation is 1. The van der Waals surface area contributed by atoms with Gasteiger partial charge in [-0.2, -0.15) is 0 Å². The standard InChI is InChI=1S/C12H18N2OS/c1-9-5-4-6-10(12(13)16)11(9)15-8-7-14(2)3/h4-6H,7-8H2,1-3H3,(H2,13,16). The van der Waals surface area contributed by atoms with Crippen molar-refractivity contribution < 1.29 is 4.74 Å². The molecular weight excluding hydrogens is 220 g/mol. The highest BCUT2D eigenvalue weighted by atomic mass is 32.1. The van der Waals surface area contributed by atoms with E-state index in [0.717, 1.165) is 23.4 Å². The second kappa shape index (κ2) is 5.82. The van der Waals surface area contributed by atoms with E-state index >= 15 is 0 Å². The highest BCUT2D eigenvalue weighted by molar-refractivity contribution is 7.80. The second-order valence-corrected chi connectivity index (χ2v) is 4.41. The van der Waals surface area contributed by atoms with Crippen LogP contribution >= 0.6 is 12.2 Å². The zero-order valence-corrected chi connectivity index (χ0v) is 10.8. The lowest BCUT2D eigenvalue weighted by molar-refractivity contribution is 0.260. The number of likely N-dealkylation sites (N-methyl/N-ethyl adjacent to an activating group) is 1. The molecule has 0 atom stereocenters. The molecule has 88 valence electrons. The molecule has 4 heteroatoms. The molecule has 0 aromatic heterocycles. The highest BCUT2D eigenvalue weighted by Gasteiger charge is 2.08. The molecule has 16 heavy (non-hydrogen) atoms. The Morgan fingerprint density at radius 3 is 2.69 bits per heavy atom. The molecule has 1 rings (SSSR count). The Kier molecular flexibility index (Phi) is 4.71. The smallest absolute Gasteiger partial charge is 0.132 e. The monoisotopic (exact) mass is 238 g/mol. The fraction of sp³-hybridized carbons (Fsp3) is 0.417. The first-order valence-corrected chi connectivity index (χ1v) is 5.60. The van der Waals surface area contributed by atoms with Gasteiger partial charge in [0, 0.05) is 6.54 Å². The molecule has 0 heterocycles. The van der Waals surface area contributed by atoms with Crippen LogP contribution in [0, 0.1) is 6.92 Å². The number of nitrogens with zero attached hydrogens (tertiary/aromatic N) is 1. The summed E-state index contributed by atoms with van der Waals surface area (Å²) in [4.78, 5) is 2.45. The van der Waals surface area contributed by atoms with Crippen LogP contribution in [0.25, 0.3) is 0 Å². The van der Waals surface area contributed by atoms with Crippen LogP contribution in [0.1, 0.15) is 11.1 Å². The van der Waals surface area contributed by atoms with Crippen molar-refractivity contribution in [3.05, 3.63) is 29.3 Å². The third kappa shape index (κ3) is 3.47. The Balaban J connectivity index is 2.80. The normalized spacial score (nSPS) is 10.5. The van der Waals surface area contributed by atoms with Crippen LogP contribution in [-0.2, 0) is 0 Å². The number of ether oxygens (including phenoxy) is 1. The molecule has 0 bridgehead atoms. The molecule has 0 fully saturated rings. The van der Waals surface area contributed by atoms with Crippen molar-refractivity contribution in [2.24, 2.45) is 5.73 Å². The molecule has 0 aliphatic rings. The Hall–Kier alpha value is -1.13. The van der Waals surface area contributed by atoms with Crippen LogP contribution in [0.3, 0.4) is 0 Å². The zero-order chi connectivity index (χ0) is 12.1. The van der Waals surface area contributed by atoms with E-state index in [2.05, 4.69) is 4.90 Å². The molecule has 0 saturated carbocycles. The van der Waals surface area contributed by atoms with Gasteiger partial charge in [-0.1, -0.05) is 24.4 Å². The Morgan fingerprint density at radius 2 is 2.12 bits per heavy atom. The molecule has 1 aromatic carbocycles. The van der Waals surface area contributed by atoms with Gasteiger partial charge < -0.3 is 15.4 Å². The van der Waals surface area contributed by atoms with Crippen molar-refractivity contribution in [2.45, 2.75) is 6.92 Å². The molecule has 0 radical (unpaired) electrons. The summed E-state index contributed by atoms with van der Waals surface area (Å²) in [5.41, 5.74) is 7.53. The van der Waals surface area contributed by atoms with Gasteiger partial charge in [-0.15, -0.1) is 0 Å². The summed E-state index contributed by atoms with van der Waals surface area (Å²) in [6, 6.07) is 5.82. The van der Waals surface area contributed by atoms with E-state index < -0.39 is 0 Å². The molecule has 0 spiro atoms. The highest BCUT2D eigenvalue weighted by Crippen LogP contribution is 2.23. The number of hydrogen-bond donors (Lipinski definition) is 1. The van der Waals surface area contributed by atoms with Crippen LogP contribution < -0.4 is 10.5 Å². The zero-order valence-electron chi connectivity index (χ0n) is 9.99. The lowest BCUT2D eigenvalue weighted by atomic mass is 10.1. The maximum Gasteiger partial charge on any atom is 0.132 e. The number of thiocarbonyl (C=S) groups is 1. The van der Waals surface area contributed by atoms with Gasteiger partial charge in [-0.25, -0.2) is 0 Å². The SMILES string of the molecule is Cc1cccc(C(N)=S)c1OCCN(C)C. The number of rotatable bonds is 5. The summed E-state index contributed by atoms with van der Waals surface area (Å²) in [5, 5.41) is 0. The van der Waals surface area contributed by atoms with Gasteiger partial charge in [0.1, 0.15) is 17.3 Å². The summed E-state index contributed by atoms with van der Waals surface area (Å²) in [6.45, 7) is 3.49. The van der Waals surface area contributed by atoms with E-state index in [0.29, 0.717) is 11.6 Å². The van der Waals surface area contributed by atoms with Crippen molar-refractivity contribution in [2.75, 3.05) is 27.2 Å². The lowest BCUT2D eigenvalue weighted by Gasteiger charge is -2.15. The molecule has 2 N–H and O–H groups in total. The van der Waals surface area contributed by atoms with Crippen molar-refractivity contribution in [3.63, 3.8) is 0 Å². The van der Waals surface area contributed by atoms with Crippen LogP contribution in [0.4, 0.5) is 0 Å². The quantitative estimate of drug-likeness (QED) is 0.790. The van der Waals surface area contributed by atoms with Crippen molar-refractivity contribution in [1.82, 2.24) is 4.90 Å². The Morgan fingerprint density at radius 1 is 1.44 bits per heavy atom. The number of benzene rings is 1. The lowest BCUT2D eigenvalue weighted by Crippen LogP contribution is -2.21. The van der Waals surface area contributed by atoms with E-state index in [1.54, 1.807) is 0 Å². The molecular formula is C12H18N2OS. The van der Waals surface area contributed by atoms with Gasteiger partial charge >= 0.3 is 0 Å². The van der Waals surface area contributed by atoms with Crippen molar-refractivity contribution in [3.8, 4) is 5.75 Å². The third-order valence-electron chi connectivity index (χ3n) is 2.26. The number of para-hydroxylation sites is 1. The fourth-order valence-corrected chi connectivity index (χ4v) is 1.53. The minimum Gasteiger partial charge on any atom is -0.491 e. The first kappa shape index (κ1) is 12.9.